The van der Waals surface area contributed by atoms with Crippen LogP contribution in [0.2, 0.25) is 0 Å². The summed E-state index contributed by atoms with van der Waals surface area (Å²) in [5.41, 5.74) is -1.19. The van der Waals surface area contributed by atoms with E-state index in [0.717, 1.165) is 44.1 Å². The molecule has 0 radical (unpaired) electrons. The fraction of sp³-hybridized carbons (Fsp3) is 0.615. The van der Waals surface area contributed by atoms with Crippen molar-refractivity contribution in [1.29, 1.82) is 0 Å². The molecule has 0 bridgehead atoms. The highest BCUT2D eigenvalue weighted by molar-refractivity contribution is 7.92. The first kappa shape index (κ1) is 15.7. The lowest BCUT2D eigenvalue weighted by Gasteiger charge is -2.36. The minimum absolute atomic E-state index is 0.199. The first-order valence-electron chi connectivity index (χ1n) is 7.06. The largest absolute Gasteiger partial charge is 0.433 e. The Morgan fingerprint density at radius 3 is 2.77 bits per heavy atom. The Morgan fingerprint density at radius 1 is 1.27 bits per heavy atom. The van der Waals surface area contributed by atoms with E-state index in [2.05, 4.69) is 15.2 Å². The van der Waals surface area contributed by atoms with E-state index in [-0.39, 0.29) is 6.04 Å². The number of piperazine rings is 1. The van der Waals surface area contributed by atoms with E-state index < -0.39 is 32.1 Å². The second-order valence-corrected chi connectivity index (χ2v) is 7.54. The lowest BCUT2D eigenvalue weighted by atomic mass is 10.2. The van der Waals surface area contributed by atoms with Crippen molar-refractivity contribution in [3.63, 3.8) is 0 Å². The van der Waals surface area contributed by atoms with Gasteiger partial charge >= 0.3 is 6.18 Å². The Kier molecular flexibility index (Phi) is 3.90. The molecule has 3 heterocycles. The van der Waals surface area contributed by atoms with Crippen LogP contribution in [-0.2, 0) is 16.0 Å². The molecule has 2 aliphatic heterocycles. The van der Waals surface area contributed by atoms with Crippen LogP contribution in [-0.4, -0.2) is 49.4 Å². The molecule has 1 aromatic heterocycles. The number of pyridine rings is 1. The molecular weight excluding hydrogens is 319 g/mol. The molecule has 2 atom stereocenters. The minimum atomic E-state index is -4.66. The average molecular weight is 335 g/mol. The number of aromatic nitrogens is 1. The molecule has 0 saturated carbocycles. The van der Waals surface area contributed by atoms with Crippen LogP contribution < -0.4 is 5.32 Å². The van der Waals surface area contributed by atoms with Crippen molar-refractivity contribution in [2.45, 2.75) is 35.5 Å². The second kappa shape index (κ2) is 5.47. The molecule has 2 aliphatic rings. The van der Waals surface area contributed by atoms with Crippen molar-refractivity contribution in [2.24, 2.45) is 0 Å². The van der Waals surface area contributed by atoms with Gasteiger partial charge in [-0.25, -0.2) is 13.4 Å². The third kappa shape index (κ3) is 2.72. The Bertz CT molecular complexity index is 663. The van der Waals surface area contributed by atoms with Crippen molar-refractivity contribution in [1.82, 2.24) is 15.2 Å². The summed E-state index contributed by atoms with van der Waals surface area (Å²) in [6.07, 6.45) is -3.05. The summed E-state index contributed by atoms with van der Waals surface area (Å²) in [4.78, 5) is 5.41. The van der Waals surface area contributed by atoms with Gasteiger partial charge in [0, 0.05) is 19.1 Å². The maximum Gasteiger partial charge on any atom is 0.433 e. The number of hydrogen-bond acceptors (Lipinski definition) is 5. The quantitative estimate of drug-likeness (QED) is 0.882. The van der Waals surface area contributed by atoms with Gasteiger partial charge < -0.3 is 0 Å². The van der Waals surface area contributed by atoms with E-state index in [4.69, 9.17) is 0 Å². The van der Waals surface area contributed by atoms with Gasteiger partial charge in [0.25, 0.3) is 0 Å². The van der Waals surface area contributed by atoms with Gasteiger partial charge in [0.2, 0.25) is 9.84 Å². The van der Waals surface area contributed by atoms with Gasteiger partial charge in [-0.3, -0.25) is 10.2 Å². The van der Waals surface area contributed by atoms with Crippen LogP contribution in [0.15, 0.2) is 23.2 Å². The van der Waals surface area contributed by atoms with Gasteiger partial charge in [-0.1, -0.05) is 6.07 Å². The second-order valence-electron chi connectivity index (χ2n) is 5.52. The van der Waals surface area contributed by atoms with Crippen LogP contribution >= 0.6 is 0 Å². The number of nitrogens with zero attached hydrogens (tertiary/aromatic N) is 2. The van der Waals surface area contributed by atoms with Gasteiger partial charge in [0.05, 0.1) is 0 Å². The molecule has 1 aromatic rings. The summed E-state index contributed by atoms with van der Waals surface area (Å²) in [6.45, 7) is 2.08. The number of rotatable bonds is 2. The van der Waals surface area contributed by atoms with Gasteiger partial charge in [-0.2, -0.15) is 13.2 Å². The SMILES string of the molecule is O=S(=O)(c1cccc(C(F)(F)F)n1)C1NCCN2CCCC12. The summed E-state index contributed by atoms with van der Waals surface area (Å²) < 4.78 is 63.6. The maximum absolute atomic E-state index is 12.7. The highest BCUT2D eigenvalue weighted by Crippen LogP contribution is 2.31. The molecule has 2 fully saturated rings. The molecule has 1 N–H and O–H groups in total. The standard InChI is InChI=1S/C13H16F3N3O2S/c14-13(15,16)10-4-1-5-11(18-10)22(20,21)12-9-3-2-7-19(9)8-6-17-12/h1,4-5,9,12,17H,2-3,6-8H2. The summed E-state index contributed by atoms with van der Waals surface area (Å²) in [7, 11) is -3.96. The summed E-state index contributed by atoms with van der Waals surface area (Å²) in [5.74, 6) is 0. The summed E-state index contributed by atoms with van der Waals surface area (Å²) in [5, 5.41) is 1.51. The predicted octanol–water partition coefficient (Wildman–Crippen LogP) is 1.27. The first-order valence-corrected chi connectivity index (χ1v) is 8.60. The molecule has 0 amide bonds. The van der Waals surface area contributed by atoms with E-state index in [1.54, 1.807) is 0 Å². The van der Waals surface area contributed by atoms with Crippen molar-refractivity contribution in [3.8, 4) is 0 Å². The van der Waals surface area contributed by atoms with Crippen molar-refractivity contribution in [3.05, 3.63) is 23.9 Å². The van der Waals surface area contributed by atoms with Gasteiger partial charge in [-0.05, 0) is 31.5 Å². The minimum Gasteiger partial charge on any atom is -0.298 e. The molecule has 5 nitrogen and oxygen atoms in total. The Balaban J connectivity index is 1.96. The average Bonchev–Trinajstić information content (AvgIpc) is 2.94. The highest BCUT2D eigenvalue weighted by atomic mass is 32.2. The van der Waals surface area contributed by atoms with Crippen molar-refractivity contribution in [2.75, 3.05) is 19.6 Å². The number of halogens is 3. The van der Waals surface area contributed by atoms with Crippen LogP contribution in [0, 0.1) is 0 Å². The van der Waals surface area contributed by atoms with Gasteiger partial charge in [0.15, 0.2) is 5.03 Å². The third-order valence-electron chi connectivity index (χ3n) is 4.15. The monoisotopic (exact) mass is 335 g/mol. The molecule has 122 valence electrons. The van der Waals surface area contributed by atoms with Crippen LogP contribution in [0.4, 0.5) is 13.2 Å². The Morgan fingerprint density at radius 2 is 2.05 bits per heavy atom. The van der Waals surface area contributed by atoms with E-state index in [1.807, 2.05) is 0 Å². The van der Waals surface area contributed by atoms with Crippen LogP contribution in [0.1, 0.15) is 18.5 Å². The first-order chi connectivity index (χ1) is 10.3. The number of nitrogens with one attached hydrogen (secondary N) is 1. The van der Waals surface area contributed by atoms with Gasteiger partial charge in [0.1, 0.15) is 11.1 Å². The lowest BCUT2D eigenvalue weighted by Crippen LogP contribution is -2.58. The fourth-order valence-electron chi connectivity index (χ4n) is 3.14. The zero-order valence-corrected chi connectivity index (χ0v) is 12.5. The normalized spacial score (nSPS) is 26.9. The van der Waals surface area contributed by atoms with E-state index in [9.17, 15) is 21.6 Å². The molecule has 2 unspecified atom stereocenters. The molecule has 0 aromatic carbocycles. The maximum atomic E-state index is 12.7. The van der Waals surface area contributed by atoms with Crippen LogP contribution in [0.25, 0.3) is 0 Å². The fourth-order valence-corrected chi connectivity index (χ4v) is 4.95. The predicted molar refractivity (Wildman–Crippen MR) is 72.8 cm³/mol. The molecule has 3 rings (SSSR count). The van der Waals surface area contributed by atoms with Crippen molar-refractivity contribution < 1.29 is 21.6 Å². The lowest BCUT2D eigenvalue weighted by molar-refractivity contribution is -0.141. The Hall–Kier alpha value is -1.19. The molecule has 22 heavy (non-hydrogen) atoms. The molecule has 0 aliphatic carbocycles. The van der Waals surface area contributed by atoms with Crippen LogP contribution in [0.5, 0.6) is 0 Å². The summed E-state index contributed by atoms with van der Waals surface area (Å²) in [6, 6.07) is 2.78. The number of alkyl halides is 3. The smallest absolute Gasteiger partial charge is 0.298 e. The zero-order valence-electron chi connectivity index (χ0n) is 11.7. The van der Waals surface area contributed by atoms with E-state index in [1.165, 1.54) is 0 Å². The molecule has 2 saturated heterocycles. The third-order valence-corrected chi connectivity index (χ3v) is 6.11. The topological polar surface area (TPSA) is 62.3 Å². The zero-order chi connectivity index (χ0) is 16.0. The van der Waals surface area contributed by atoms with Gasteiger partial charge in [-0.15, -0.1) is 0 Å². The number of sulfone groups is 1. The van der Waals surface area contributed by atoms with E-state index >= 15 is 0 Å². The summed E-state index contributed by atoms with van der Waals surface area (Å²) >= 11 is 0. The van der Waals surface area contributed by atoms with Crippen molar-refractivity contribution >= 4 is 9.84 Å². The molecular formula is C13H16F3N3O2S. The van der Waals surface area contributed by atoms with E-state index in [0.29, 0.717) is 6.54 Å². The van der Waals surface area contributed by atoms with Crippen LogP contribution in [0.3, 0.4) is 0 Å². The molecule has 9 heteroatoms. The number of hydrogen-bond donors (Lipinski definition) is 1. The number of fused-ring (bicyclic) bond motifs is 1. The highest BCUT2D eigenvalue weighted by Gasteiger charge is 2.43. The Labute approximate surface area is 126 Å². The molecule has 0 spiro atoms.